The molecule has 1 nitrogen and oxygen atoms in total. The lowest BCUT2D eigenvalue weighted by molar-refractivity contribution is -0.139. The summed E-state index contributed by atoms with van der Waals surface area (Å²) < 4.78 is 51.0. The predicted molar refractivity (Wildman–Crippen MR) is 77.9 cm³/mol. The van der Waals surface area contributed by atoms with E-state index in [4.69, 9.17) is 0 Å². The normalized spacial score (nSPS) is 13.2. The third kappa shape index (κ3) is 6.36. The van der Waals surface area contributed by atoms with E-state index in [1.165, 1.54) is 25.3 Å². The molecule has 0 aromatic heterocycles. The summed E-state index contributed by atoms with van der Waals surface area (Å²) in [5, 5.41) is 3.01. The largest absolute Gasteiger partial charge is 0.419 e. The van der Waals surface area contributed by atoms with Crippen molar-refractivity contribution in [2.24, 2.45) is 0 Å². The first kappa shape index (κ1) is 17.8. The molecule has 1 atom stereocenters. The highest BCUT2D eigenvalue weighted by Gasteiger charge is 2.34. The Balaban J connectivity index is 2.51. The van der Waals surface area contributed by atoms with E-state index in [-0.39, 0.29) is 6.04 Å². The van der Waals surface area contributed by atoms with E-state index in [1.54, 1.807) is 0 Å². The molecule has 1 rings (SSSR count). The third-order valence-corrected chi connectivity index (χ3v) is 3.43. The Morgan fingerprint density at radius 1 is 1.10 bits per heavy atom. The van der Waals surface area contributed by atoms with E-state index in [9.17, 15) is 17.6 Å². The van der Waals surface area contributed by atoms with Crippen LogP contribution < -0.4 is 5.32 Å². The van der Waals surface area contributed by atoms with Crippen LogP contribution in [0.1, 0.15) is 57.9 Å². The summed E-state index contributed by atoms with van der Waals surface area (Å²) in [4.78, 5) is 0. The molecule has 0 spiro atoms. The van der Waals surface area contributed by atoms with Crippen LogP contribution in [0.5, 0.6) is 0 Å². The molecule has 0 aliphatic carbocycles. The van der Waals surface area contributed by atoms with Gasteiger partial charge >= 0.3 is 6.18 Å². The fraction of sp³-hybridized carbons (Fsp3) is 0.625. The van der Waals surface area contributed by atoms with Gasteiger partial charge in [-0.2, -0.15) is 13.2 Å². The summed E-state index contributed by atoms with van der Waals surface area (Å²) in [7, 11) is 0. The zero-order chi connectivity index (χ0) is 15.9. The maximum absolute atomic E-state index is 13.2. The fourth-order valence-corrected chi connectivity index (χ4v) is 2.24. The lowest BCUT2D eigenvalue weighted by atomic mass is 10.1. The van der Waals surface area contributed by atoms with Crippen molar-refractivity contribution in [2.75, 3.05) is 5.32 Å². The van der Waals surface area contributed by atoms with Gasteiger partial charge in [0, 0.05) is 11.7 Å². The molecule has 0 amide bonds. The first-order valence-electron chi connectivity index (χ1n) is 7.48. The topological polar surface area (TPSA) is 12.0 Å². The van der Waals surface area contributed by atoms with Crippen LogP contribution in [0.2, 0.25) is 0 Å². The van der Waals surface area contributed by atoms with Crippen LogP contribution in [0.4, 0.5) is 23.2 Å². The first-order chi connectivity index (χ1) is 9.84. The number of unbranched alkanes of at least 4 members (excludes halogenated alkanes) is 4. The van der Waals surface area contributed by atoms with Gasteiger partial charge in [0.2, 0.25) is 0 Å². The Hall–Kier alpha value is -1.26. The Bertz CT molecular complexity index is 429. The molecule has 5 heteroatoms. The van der Waals surface area contributed by atoms with E-state index in [1.807, 2.05) is 6.92 Å². The second kappa shape index (κ2) is 8.25. The van der Waals surface area contributed by atoms with Crippen LogP contribution in [0, 0.1) is 5.82 Å². The lowest BCUT2D eigenvalue weighted by Gasteiger charge is -2.17. The third-order valence-electron chi connectivity index (χ3n) is 3.43. The molecule has 1 N–H and O–H groups in total. The minimum atomic E-state index is -4.66. The van der Waals surface area contributed by atoms with E-state index in [0.29, 0.717) is 5.69 Å². The molecule has 1 unspecified atom stereocenters. The summed E-state index contributed by atoms with van der Waals surface area (Å²) in [6, 6.07) is 3.11. The number of hydrogen-bond acceptors (Lipinski definition) is 1. The van der Waals surface area contributed by atoms with Crippen LogP contribution in [0.3, 0.4) is 0 Å². The molecular formula is C16H23F4N. The fourth-order valence-electron chi connectivity index (χ4n) is 2.24. The van der Waals surface area contributed by atoms with Gasteiger partial charge in [-0.25, -0.2) is 4.39 Å². The summed E-state index contributed by atoms with van der Waals surface area (Å²) in [5.41, 5.74) is -0.910. The van der Waals surface area contributed by atoms with E-state index < -0.39 is 17.6 Å². The van der Waals surface area contributed by atoms with E-state index >= 15 is 0 Å². The molecule has 0 bridgehead atoms. The number of halogens is 4. The Morgan fingerprint density at radius 2 is 1.76 bits per heavy atom. The van der Waals surface area contributed by atoms with E-state index in [2.05, 4.69) is 12.2 Å². The smallest absolute Gasteiger partial charge is 0.383 e. The average Bonchev–Trinajstić information content (AvgIpc) is 2.39. The zero-order valence-corrected chi connectivity index (χ0v) is 12.6. The summed E-state index contributed by atoms with van der Waals surface area (Å²) in [5.74, 6) is -1.24. The molecule has 120 valence electrons. The lowest BCUT2D eigenvalue weighted by Crippen LogP contribution is -2.16. The highest BCUT2D eigenvalue weighted by Crippen LogP contribution is 2.33. The minimum Gasteiger partial charge on any atom is -0.383 e. The monoisotopic (exact) mass is 305 g/mol. The quantitative estimate of drug-likeness (QED) is 0.458. The van der Waals surface area contributed by atoms with Crippen LogP contribution in [0.15, 0.2) is 18.2 Å². The first-order valence-corrected chi connectivity index (χ1v) is 7.48. The van der Waals surface area contributed by atoms with Gasteiger partial charge in [-0.3, -0.25) is 0 Å². The van der Waals surface area contributed by atoms with Gasteiger partial charge in [-0.05, 0) is 31.5 Å². The molecule has 1 aromatic carbocycles. The summed E-state index contributed by atoms with van der Waals surface area (Å²) in [6.45, 7) is 4.08. The molecule has 0 aliphatic heterocycles. The molecule has 0 aliphatic rings. The average molecular weight is 305 g/mol. The number of rotatable bonds is 8. The molecule has 0 heterocycles. The van der Waals surface area contributed by atoms with Gasteiger partial charge in [0.25, 0.3) is 0 Å². The second-order valence-corrected chi connectivity index (χ2v) is 5.44. The highest BCUT2D eigenvalue weighted by atomic mass is 19.4. The van der Waals surface area contributed by atoms with Crippen molar-refractivity contribution in [2.45, 2.75) is 64.6 Å². The molecule has 0 saturated carbocycles. The van der Waals surface area contributed by atoms with Crippen molar-refractivity contribution >= 4 is 5.69 Å². The van der Waals surface area contributed by atoms with Gasteiger partial charge in [-0.15, -0.1) is 0 Å². The molecule has 0 saturated heterocycles. The van der Waals surface area contributed by atoms with Crippen LogP contribution in [-0.2, 0) is 6.18 Å². The molecule has 1 aromatic rings. The molecule has 0 fully saturated rings. The van der Waals surface area contributed by atoms with Crippen molar-refractivity contribution < 1.29 is 17.6 Å². The van der Waals surface area contributed by atoms with Gasteiger partial charge in [0.1, 0.15) is 5.82 Å². The van der Waals surface area contributed by atoms with Gasteiger partial charge in [-0.1, -0.05) is 39.0 Å². The van der Waals surface area contributed by atoms with Crippen molar-refractivity contribution in [3.8, 4) is 0 Å². The van der Waals surface area contributed by atoms with Crippen LogP contribution >= 0.6 is 0 Å². The van der Waals surface area contributed by atoms with E-state index in [0.717, 1.165) is 31.4 Å². The standard InChI is InChI=1S/C16H23F4N/c1-3-4-5-6-7-8-12(2)21-13-9-10-15(17)14(11-13)16(18,19)20/h9-12,21H,3-8H2,1-2H3. The molecule has 21 heavy (non-hydrogen) atoms. The maximum atomic E-state index is 13.2. The van der Waals surface area contributed by atoms with Crippen molar-refractivity contribution in [1.82, 2.24) is 0 Å². The second-order valence-electron chi connectivity index (χ2n) is 5.44. The Kier molecular flexibility index (Phi) is 6.99. The van der Waals surface area contributed by atoms with Gasteiger partial charge < -0.3 is 5.32 Å². The maximum Gasteiger partial charge on any atom is 0.419 e. The van der Waals surface area contributed by atoms with Gasteiger partial charge in [0.05, 0.1) is 5.56 Å². The van der Waals surface area contributed by atoms with Crippen LogP contribution in [0.25, 0.3) is 0 Å². The highest BCUT2D eigenvalue weighted by molar-refractivity contribution is 5.47. The summed E-state index contributed by atoms with van der Waals surface area (Å²) >= 11 is 0. The molecule has 0 radical (unpaired) electrons. The number of alkyl halides is 3. The van der Waals surface area contributed by atoms with Gasteiger partial charge in [0.15, 0.2) is 0 Å². The SMILES string of the molecule is CCCCCCCC(C)Nc1ccc(F)c(C(F)(F)F)c1. The number of hydrogen-bond donors (Lipinski definition) is 1. The van der Waals surface area contributed by atoms with Crippen molar-refractivity contribution in [1.29, 1.82) is 0 Å². The van der Waals surface area contributed by atoms with Crippen LogP contribution in [-0.4, -0.2) is 6.04 Å². The Labute approximate surface area is 123 Å². The Morgan fingerprint density at radius 3 is 2.38 bits per heavy atom. The molecular weight excluding hydrogens is 282 g/mol. The van der Waals surface area contributed by atoms with Crippen molar-refractivity contribution in [3.63, 3.8) is 0 Å². The predicted octanol–water partition coefficient (Wildman–Crippen LogP) is 6.01. The van der Waals surface area contributed by atoms with Crippen molar-refractivity contribution in [3.05, 3.63) is 29.6 Å². The zero-order valence-electron chi connectivity index (χ0n) is 12.6. The number of benzene rings is 1. The summed E-state index contributed by atoms with van der Waals surface area (Å²) in [6.07, 6.45) is 2.00. The number of nitrogens with one attached hydrogen (secondary N) is 1. The minimum absolute atomic E-state index is 0.0678. The number of anilines is 1.